The zero-order valence-electron chi connectivity index (χ0n) is 12.1. The highest BCUT2D eigenvalue weighted by atomic mass is 14.9. The van der Waals surface area contributed by atoms with E-state index in [0.29, 0.717) is 0 Å². The molecule has 1 atom stereocenters. The van der Waals surface area contributed by atoms with Gasteiger partial charge in [-0.05, 0) is 35.9 Å². The van der Waals surface area contributed by atoms with Crippen LogP contribution < -0.4 is 5.32 Å². The van der Waals surface area contributed by atoms with Crippen LogP contribution in [-0.2, 0) is 0 Å². The summed E-state index contributed by atoms with van der Waals surface area (Å²) in [5.41, 5.74) is 3.97. The molecule has 1 aromatic heterocycles. The van der Waals surface area contributed by atoms with Crippen LogP contribution in [-0.4, -0.2) is 4.98 Å². The maximum atomic E-state index is 5.48. The van der Waals surface area contributed by atoms with Gasteiger partial charge in [-0.25, -0.2) is 0 Å². The van der Waals surface area contributed by atoms with E-state index >= 15 is 0 Å². The van der Waals surface area contributed by atoms with Crippen LogP contribution in [0.3, 0.4) is 0 Å². The van der Waals surface area contributed by atoms with Crippen molar-refractivity contribution in [2.75, 3.05) is 5.32 Å². The Morgan fingerprint density at radius 3 is 2.45 bits per heavy atom. The third-order valence-electron chi connectivity index (χ3n) is 3.46. The second kappa shape index (κ2) is 6.60. The molecule has 0 aliphatic carbocycles. The summed E-state index contributed by atoms with van der Waals surface area (Å²) in [6.45, 7) is 0. The highest BCUT2D eigenvalue weighted by molar-refractivity contribution is 5.53. The molecule has 0 saturated heterocycles. The van der Waals surface area contributed by atoms with E-state index in [1.807, 2.05) is 66.9 Å². The predicted octanol–water partition coefficient (Wildman–Crippen LogP) is 4.26. The minimum atomic E-state index is -0.0181. The van der Waals surface area contributed by atoms with Crippen molar-refractivity contribution in [3.63, 3.8) is 0 Å². The van der Waals surface area contributed by atoms with Gasteiger partial charge in [0.15, 0.2) is 0 Å². The molecule has 0 saturated carbocycles. The average Bonchev–Trinajstić information content (AvgIpc) is 2.61. The number of terminal acetylenes is 1. The first-order valence-corrected chi connectivity index (χ1v) is 7.16. The van der Waals surface area contributed by atoms with Gasteiger partial charge in [0.25, 0.3) is 0 Å². The SMILES string of the molecule is C#Cc1cccc(NC(c2ccccc2)c2ccccn2)c1. The Hall–Kier alpha value is -3.05. The molecule has 1 N–H and O–H groups in total. The molecule has 0 aliphatic heterocycles. The molecular formula is C20H16N2. The van der Waals surface area contributed by atoms with E-state index in [4.69, 9.17) is 6.42 Å². The molecule has 0 fully saturated rings. The van der Waals surface area contributed by atoms with Crippen molar-refractivity contribution in [2.24, 2.45) is 0 Å². The summed E-state index contributed by atoms with van der Waals surface area (Å²) < 4.78 is 0. The summed E-state index contributed by atoms with van der Waals surface area (Å²) >= 11 is 0. The van der Waals surface area contributed by atoms with Gasteiger partial charge in [-0.15, -0.1) is 6.42 Å². The molecule has 22 heavy (non-hydrogen) atoms. The second-order valence-corrected chi connectivity index (χ2v) is 4.97. The fraction of sp³-hybridized carbons (Fsp3) is 0.0500. The second-order valence-electron chi connectivity index (χ2n) is 4.97. The van der Waals surface area contributed by atoms with E-state index in [-0.39, 0.29) is 6.04 Å². The minimum Gasteiger partial charge on any atom is -0.373 e. The normalized spacial score (nSPS) is 11.4. The number of nitrogens with one attached hydrogen (secondary N) is 1. The molecule has 1 unspecified atom stereocenters. The van der Waals surface area contributed by atoms with Gasteiger partial charge in [0, 0.05) is 17.4 Å². The number of nitrogens with zero attached hydrogens (tertiary/aromatic N) is 1. The number of anilines is 1. The first kappa shape index (κ1) is 13.9. The van der Waals surface area contributed by atoms with Gasteiger partial charge < -0.3 is 5.32 Å². The number of aromatic nitrogens is 1. The minimum absolute atomic E-state index is 0.0181. The van der Waals surface area contributed by atoms with Crippen molar-refractivity contribution in [2.45, 2.75) is 6.04 Å². The van der Waals surface area contributed by atoms with Crippen LogP contribution in [0.15, 0.2) is 79.0 Å². The topological polar surface area (TPSA) is 24.9 Å². The molecule has 3 rings (SSSR count). The molecule has 2 aromatic carbocycles. The number of pyridine rings is 1. The summed E-state index contributed by atoms with van der Waals surface area (Å²) in [5, 5.41) is 3.53. The molecule has 2 nitrogen and oxygen atoms in total. The molecule has 2 heteroatoms. The number of rotatable bonds is 4. The maximum Gasteiger partial charge on any atom is 0.0940 e. The van der Waals surface area contributed by atoms with Gasteiger partial charge >= 0.3 is 0 Å². The Bertz CT molecular complexity index is 734. The molecule has 106 valence electrons. The van der Waals surface area contributed by atoms with Gasteiger partial charge in [-0.3, -0.25) is 4.98 Å². The van der Waals surface area contributed by atoms with Crippen molar-refractivity contribution in [3.8, 4) is 12.3 Å². The molecule has 3 aromatic rings. The molecular weight excluding hydrogens is 268 g/mol. The molecule has 0 bridgehead atoms. The highest BCUT2D eigenvalue weighted by Gasteiger charge is 2.14. The van der Waals surface area contributed by atoms with E-state index in [1.165, 1.54) is 0 Å². The Morgan fingerprint density at radius 2 is 1.73 bits per heavy atom. The Kier molecular flexibility index (Phi) is 4.17. The largest absolute Gasteiger partial charge is 0.373 e. The Balaban J connectivity index is 1.97. The third-order valence-corrected chi connectivity index (χ3v) is 3.46. The molecule has 0 spiro atoms. The van der Waals surface area contributed by atoms with Crippen LogP contribution in [0.1, 0.15) is 22.9 Å². The fourth-order valence-electron chi connectivity index (χ4n) is 2.39. The lowest BCUT2D eigenvalue weighted by atomic mass is 10.0. The lowest BCUT2D eigenvalue weighted by molar-refractivity contribution is 0.887. The van der Waals surface area contributed by atoms with E-state index in [1.54, 1.807) is 0 Å². The number of benzene rings is 2. The molecule has 0 radical (unpaired) electrons. The smallest absolute Gasteiger partial charge is 0.0940 e. The van der Waals surface area contributed by atoms with Crippen LogP contribution in [0.2, 0.25) is 0 Å². The van der Waals surface area contributed by atoms with Gasteiger partial charge in [0.05, 0.1) is 11.7 Å². The van der Waals surface area contributed by atoms with E-state index in [2.05, 4.69) is 28.4 Å². The van der Waals surface area contributed by atoms with Gasteiger partial charge in [0.2, 0.25) is 0 Å². The first-order valence-electron chi connectivity index (χ1n) is 7.16. The maximum absolute atomic E-state index is 5.48. The lowest BCUT2D eigenvalue weighted by Gasteiger charge is -2.20. The van der Waals surface area contributed by atoms with E-state index in [9.17, 15) is 0 Å². The van der Waals surface area contributed by atoms with Crippen molar-refractivity contribution >= 4 is 5.69 Å². The zero-order valence-corrected chi connectivity index (χ0v) is 12.1. The molecule has 0 aliphatic rings. The van der Waals surface area contributed by atoms with Crippen molar-refractivity contribution < 1.29 is 0 Å². The Labute approximate surface area is 130 Å². The first-order chi connectivity index (χ1) is 10.9. The monoisotopic (exact) mass is 284 g/mol. The summed E-state index contributed by atoms with van der Waals surface area (Å²) in [7, 11) is 0. The van der Waals surface area contributed by atoms with Gasteiger partial charge in [0.1, 0.15) is 0 Å². The van der Waals surface area contributed by atoms with E-state index in [0.717, 1.165) is 22.5 Å². The van der Waals surface area contributed by atoms with Crippen LogP contribution in [0.25, 0.3) is 0 Å². The summed E-state index contributed by atoms with van der Waals surface area (Å²) in [6.07, 6.45) is 7.29. The van der Waals surface area contributed by atoms with Crippen LogP contribution in [0.4, 0.5) is 5.69 Å². The Morgan fingerprint density at radius 1 is 0.909 bits per heavy atom. The quantitative estimate of drug-likeness (QED) is 0.724. The zero-order chi connectivity index (χ0) is 15.2. The highest BCUT2D eigenvalue weighted by Crippen LogP contribution is 2.25. The van der Waals surface area contributed by atoms with Crippen LogP contribution in [0, 0.1) is 12.3 Å². The van der Waals surface area contributed by atoms with Crippen LogP contribution >= 0.6 is 0 Å². The predicted molar refractivity (Wildman–Crippen MR) is 90.5 cm³/mol. The van der Waals surface area contributed by atoms with Crippen molar-refractivity contribution in [1.82, 2.24) is 4.98 Å². The molecule has 0 amide bonds. The van der Waals surface area contributed by atoms with Crippen LogP contribution in [0.5, 0.6) is 0 Å². The third kappa shape index (κ3) is 3.16. The summed E-state index contributed by atoms with van der Waals surface area (Å²) in [5.74, 6) is 2.66. The van der Waals surface area contributed by atoms with Gasteiger partial charge in [-0.1, -0.05) is 48.4 Å². The number of hydrogen-bond donors (Lipinski definition) is 1. The van der Waals surface area contributed by atoms with Crippen molar-refractivity contribution in [1.29, 1.82) is 0 Å². The van der Waals surface area contributed by atoms with Crippen molar-refractivity contribution in [3.05, 3.63) is 95.8 Å². The standard InChI is InChI=1S/C20H16N2/c1-2-16-9-8-12-18(15-16)22-20(17-10-4-3-5-11-17)19-13-6-7-14-21-19/h1,3-15,20,22H. The summed E-state index contributed by atoms with van der Waals surface area (Å²) in [6, 6.07) is 24.1. The summed E-state index contributed by atoms with van der Waals surface area (Å²) in [4.78, 5) is 4.49. The average molecular weight is 284 g/mol. The van der Waals surface area contributed by atoms with E-state index < -0.39 is 0 Å². The number of hydrogen-bond acceptors (Lipinski definition) is 2. The van der Waals surface area contributed by atoms with Gasteiger partial charge in [-0.2, -0.15) is 0 Å². The fourth-order valence-corrected chi connectivity index (χ4v) is 2.39. The lowest BCUT2D eigenvalue weighted by Crippen LogP contribution is -2.13. The molecule has 1 heterocycles.